The van der Waals surface area contributed by atoms with Gasteiger partial charge in [-0.15, -0.1) is 0 Å². The fourth-order valence-electron chi connectivity index (χ4n) is 2.67. The maximum absolute atomic E-state index is 11.6. The normalized spacial score (nSPS) is 11.1. The Balaban J connectivity index is 2.00. The predicted octanol–water partition coefficient (Wildman–Crippen LogP) is 2.86. The van der Waals surface area contributed by atoms with Crippen molar-refractivity contribution in [2.45, 2.75) is 33.4 Å². The van der Waals surface area contributed by atoms with Gasteiger partial charge in [0.15, 0.2) is 5.96 Å². The molecule has 1 amide bonds. The Kier molecular flexibility index (Phi) is 7.68. The summed E-state index contributed by atoms with van der Waals surface area (Å²) >= 11 is 0. The van der Waals surface area contributed by atoms with Crippen molar-refractivity contribution in [3.05, 3.63) is 70.8 Å². The largest absolute Gasteiger partial charge is 0.357 e. The molecule has 0 unspecified atom stereocenters. The lowest BCUT2D eigenvalue weighted by molar-refractivity contribution is 0.0963. The average molecular weight is 352 g/mol. The molecule has 2 rings (SSSR count). The van der Waals surface area contributed by atoms with Gasteiger partial charge in [0.25, 0.3) is 5.91 Å². The first-order valence-electron chi connectivity index (χ1n) is 9.07. The maximum atomic E-state index is 11.6. The number of carbonyl (C=O) groups is 1. The van der Waals surface area contributed by atoms with Crippen LogP contribution in [-0.2, 0) is 19.5 Å². The second kappa shape index (κ2) is 10.2. The molecule has 2 aromatic rings. The summed E-state index contributed by atoms with van der Waals surface area (Å²) in [7, 11) is 1.63. The van der Waals surface area contributed by atoms with E-state index in [0.29, 0.717) is 12.1 Å². The molecule has 0 bridgehead atoms. The second-order valence-electron chi connectivity index (χ2n) is 5.95. The summed E-state index contributed by atoms with van der Waals surface area (Å²) in [5.74, 6) is 0.707. The number of hydrogen-bond donors (Lipinski definition) is 3. The smallest absolute Gasteiger partial charge is 0.251 e. The summed E-state index contributed by atoms with van der Waals surface area (Å²) in [4.78, 5) is 16.2. The van der Waals surface area contributed by atoms with Crippen LogP contribution < -0.4 is 16.0 Å². The molecule has 5 heteroatoms. The summed E-state index contributed by atoms with van der Waals surface area (Å²) in [5.41, 5.74) is 4.35. The minimum atomic E-state index is -0.0790. The van der Waals surface area contributed by atoms with Crippen LogP contribution >= 0.6 is 0 Å². The highest BCUT2D eigenvalue weighted by Crippen LogP contribution is 2.09. The zero-order chi connectivity index (χ0) is 18.8. The van der Waals surface area contributed by atoms with Gasteiger partial charge >= 0.3 is 0 Å². The van der Waals surface area contributed by atoms with E-state index in [1.165, 1.54) is 11.1 Å². The number of carbonyl (C=O) groups excluding carboxylic acids is 1. The Morgan fingerprint density at radius 2 is 1.65 bits per heavy atom. The van der Waals surface area contributed by atoms with Crippen LogP contribution in [0.5, 0.6) is 0 Å². The molecule has 0 aromatic heterocycles. The van der Waals surface area contributed by atoms with Gasteiger partial charge in [0, 0.05) is 25.7 Å². The molecule has 0 saturated heterocycles. The fraction of sp³-hybridized carbons (Fsp3) is 0.333. The van der Waals surface area contributed by atoms with Gasteiger partial charge in [0.05, 0.1) is 6.54 Å². The van der Waals surface area contributed by atoms with Crippen molar-refractivity contribution in [3.8, 4) is 0 Å². The Morgan fingerprint density at radius 3 is 2.27 bits per heavy atom. The number of hydrogen-bond acceptors (Lipinski definition) is 2. The molecule has 0 spiro atoms. The van der Waals surface area contributed by atoms with E-state index >= 15 is 0 Å². The Labute approximate surface area is 155 Å². The van der Waals surface area contributed by atoms with Crippen LogP contribution in [0, 0.1) is 0 Å². The van der Waals surface area contributed by atoms with Crippen molar-refractivity contribution in [3.63, 3.8) is 0 Å². The van der Waals surface area contributed by atoms with Gasteiger partial charge in [-0.3, -0.25) is 4.79 Å². The first-order chi connectivity index (χ1) is 12.7. The van der Waals surface area contributed by atoms with Crippen LogP contribution in [0.2, 0.25) is 0 Å². The van der Waals surface area contributed by atoms with Crippen molar-refractivity contribution < 1.29 is 4.79 Å². The van der Waals surface area contributed by atoms with E-state index in [1.807, 2.05) is 24.3 Å². The van der Waals surface area contributed by atoms with Gasteiger partial charge < -0.3 is 16.0 Å². The van der Waals surface area contributed by atoms with Crippen molar-refractivity contribution in [1.82, 2.24) is 16.0 Å². The van der Waals surface area contributed by atoms with Crippen LogP contribution in [0.4, 0.5) is 0 Å². The number of nitrogens with one attached hydrogen (secondary N) is 3. The molecule has 0 saturated carbocycles. The van der Waals surface area contributed by atoms with Crippen LogP contribution in [0.15, 0.2) is 53.5 Å². The molecule has 26 heavy (non-hydrogen) atoms. The molecule has 0 aliphatic heterocycles. The lowest BCUT2D eigenvalue weighted by Gasteiger charge is -2.13. The van der Waals surface area contributed by atoms with E-state index in [1.54, 1.807) is 7.05 Å². The highest BCUT2D eigenvalue weighted by Gasteiger charge is 2.04. The summed E-state index contributed by atoms with van der Waals surface area (Å²) in [5, 5.41) is 9.29. The van der Waals surface area contributed by atoms with Crippen molar-refractivity contribution in [2.75, 3.05) is 13.6 Å². The summed E-state index contributed by atoms with van der Waals surface area (Å²) in [6, 6.07) is 16.0. The maximum Gasteiger partial charge on any atom is 0.251 e. The summed E-state index contributed by atoms with van der Waals surface area (Å²) in [6.45, 7) is 6.32. The first kappa shape index (κ1) is 19.5. The van der Waals surface area contributed by atoms with E-state index < -0.39 is 0 Å². The van der Waals surface area contributed by atoms with Crippen LogP contribution in [0.3, 0.4) is 0 Å². The molecule has 0 atom stereocenters. The first-order valence-corrected chi connectivity index (χ1v) is 9.07. The second-order valence-corrected chi connectivity index (χ2v) is 5.95. The molecule has 2 aromatic carbocycles. The number of amides is 1. The quantitative estimate of drug-likeness (QED) is 0.530. The van der Waals surface area contributed by atoms with Crippen molar-refractivity contribution in [2.24, 2.45) is 4.99 Å². The van der Waals surface area contributed by atoms with Crippen LogP contribution in [0.25, 0.3) is 0 Å². The number of guanidine groups is 1. The molecule has 0 heterocycles. The number of nitrogens with zero attached hydrogens (tertiary/aromatic N) is 1. The Bertz CT molecular complexity index is 738. The third-order valence-electron chi connectivity index (χ3n) is 4.15. The van der Waals surface area contributed by atoms with Crippen LogP contribution in [-0.4, -0.2) is 25.5 Å². The van der Waals surface area contributed by atoms with E-state index in [2.05, 4.69) is 59.1 Å². The monoisotopic (exact) mass is 352 g/mol. The Morgan fingerprint density at radius 1 is 0.962 bits per heavy atom. The molecule has 0 aliphatic carbocycles. The van der Waals surface area contributed by atoms with Gasteiger partial charge in [-0.1, -0.05) is 43.3 Å². The highest BCUT2D eigenvalue weighted by atomic mass is 16.1. The average Bonchev–Trinajstić information content (AvgIpc) is 2.70. The van der Waals surface area contributed by atoms with Gasteiger partial charge in [0.1, 0.15) is 0 Å². The number of rotatable bonds is 7. The zero-order valence-electron chi connectivity index (χ0n) is 15.8. The van der Waals surface area contributed by atoms with E-state index in [9.17, 15) is 4.79 Å². The lowest BCUT2D eigenvalue weighted by Crippen LogP contribution is -2.37. The van der Waals surface area contributed by atoms with E-state index in [0.717, 1.165) is 31.0 Å². The molecule has 5 nitrogen and oxygen atoms in total. The Hall–Kier alpha value is -2.82. The van der Waals surface area contributed by atoms with E-state index in [4.69, 9.17) is 0 Å². The molecule has 0 radical (unpaired) electrons. The molecule has 3 N–H and O–H groups in total. The van der Waals surface area contributed by atoms with Crippen LogP contribution in [0.1, 0.15) is 40.9 Å². The minimum Gasteiger partial charge on any atom is -0.357 e. The number of benzene rings is 2. The van der Waals surface area contributed by atoms with Gasteiger partial charge in [-0.05, 0) is 42.2 Å². The van der Waals surface area contributed by atoms with Crippen molar-refractivity contribution in [1.29, 1.82) is 0 Å². The summed E-state index contributed by atoms with van der Waals surface area (Å²) in [6.07, 6.45) is 1.02. The molecular formula is C21H28N4O. The van der Waals surface area contributed by atoms with E-state index in [-0.39, 0.29) is 5.91 Å². The molecule has 138 valence electrons. The fourth-order valence-corrected chi connectivity index (χ4v) is 2.67. The van der Waals surface area contributed by atoms with Gasteiger partial charge in [-0.2, -0.15) is 0 Å². The van der Waals surface area contributed by atoms with Crippen molar-refractivity contribution >= 4 is 11.9 Å². The lowest BCUT2D eigenvalue weighted by atomic mass is 10.1. The number of aryl methyl sites for hydroxylation is 1. The summed E-state index contributed by atoms with van der Waals surface area (Å²) < 4.78 is 0. The van der Waals surface area contributed by atoms with Gasteiger partial charge in [0.2, 0.25) is 0 Å². The highest BCUT2D eigenvalue weighted by molar-refractivity contribution is 5.93. The van der Waals surface area contributed by atoms with Gasteiger partial charge in [-0.25, -0.2) is 4.99 Å². The standard InChI is InChI=1S/C21H28N4O/c1-4-17-8-6-7-9-19(17)15-25-21(23-5-2)24-14-16-10-12-18(13-11-16)20(26)22-3/h6-13H,4-5,14-15H2,1-3H3,(H,22,26)(H2,23,24,25). The third-order valence-corrected chi connectivity index (χ3v) is 4.15. The zero-order valence-corrected chi connectivity index (χ0v) is 15.8. The topological polar surface area (TPSA) is 65.5 Å². The predicted molar refractivity (Wildman–Crippen MR) is 107 cm³/mol. The minimum absolute atomic E-state index is 0.0790. The molecular weight excluding hydrogens is 324 g/mol. The number of aliphatic imine (C=N–C) groups is 1. The SMILES string of the molecule is CCNC(=NCc1ccc(C(=O)NC)cc1)NCc1ccccc1CC. The molecule has 0 aliphatic rings. The third kappa shape index (κ3) is 5.62. The molecule has 0 fully saturated rings.